The first-order chi connectivity index (χ1) is 13.7. The molecule has 3 N–H and O–H groups in total. The fraction of sp³-hybridized carbons (Fsp3) is 0.500. The maximum absolute atomic E-state index is 12.6. The van der Waals surface area contributed by atoms with Gasteiger partial charge in [0.25, 0.3) is 0 Å². The van der Waals surface area contributed by atoms with Crippen LogP contribution in [0, 0.1) is 0 Å². The zero-order valence-corrected chi connectivity index (χ0v) is 17.8. The molecule has 3 unspecified atom stereocenters. The topological polar surface area (TPSA) is 125 Å². The lowest BCUT2D eigenvalue weighted by Gasteiger charge is -2.36. The number of hydrogen-bond donors (Lipinski definition) is 3. The number of hydrogen-bond acceptors (Lipinski definition) is 6. The van der Waals surface area contributed by atoms with Crippen molar-refractivity contribution in [2.24, 2.45) is 0 Å². The van der Waals surface area contributed by atoms with Crippen molar-refractivity contribution in [3.8, 4) is 0 Å². The van der Waals surface area contributed by atoms with E-state index in [2.05, 4.69) is 16.0 Å². The largest absolute Gasteiger partial charge is 0.342 e. The monoisotopic (exact) mass is 440 g/mol. The summed E-state index contributed by atoms with van der Waals surface area (Å²) in [5.74, 6) is -0.868. The molecule has 0 aromatic heterocycles. The number of carbonyl (C=O) groups is 3. The van der Waals surface area contributed by atoms with E-state index < -0.39 is 34.0 Å². The molecule has 4 amide bonds. The van der Waals surface area contributed by atoms with Gasteiger partial charge < -0.3 is 20.9 Å². The Morgan fingerprint density at radius 2 is 2.10 bits per heavy atom. The van der Waals surface area contributed by atoms with Crippen LogP contribution >= 0.6 is 11.8 Å². The Bertz CT molecular complexity index is 921. The van der Waals surface area contributed by atoms with E-state index in [1.165, 1.54) is 4.90 Å². The summed E-state index contributed by atoms with van der Waals surface area (Å²) in [6.07, 6.45) is 3.51. The molecule has 3 rings (SSSR count). The molecule has 3 atom stereocenters. The van der Waals surface area contributed by atoms with Crippen LogP contribution in [-0.4, -0.2) is 74.1 Å². The summed E-state index contributed by atoms with van der Waals surface area (Å²) < 4.78 is 22.7. The minimum Gasteiger partial charge on any atom is -0.342 e. The van der Waals surface area contributed by atoms with Crippen LogP contribution in [0.2, 0.25) is 0 Å². The molecule has 0 spiro atoms. The van der Waals surface area contributed by atoms with Crippen molar-refractivity contribution in [3.05, 3.63) is 24.3 Å². The molecule has 2 aliphatic rings. The highest BCUT2D eigenvalue weighted by atomic mass is 32.2. The third kappa shape index (κ3) is 5.21. The maximum atomic E-state index is 12.6. The maximum Gasteiger partial charge on any atom is 0.319 e. The van der Waals surface area contributed by atoms with Crippen LogP contribution < -0.4 is 16.0 Å². The zero-order valence-electron chi connectivity index (χ0n) is 16.2. The lowest BCUT2D eigenvalue weighted by atomic mass is 10.0. The third-order valence-corrected chi connectivity index (χ3v) is 6.69. The third-order valence-electron chi connectivity index (χ3n) is 4.99. The van der Waals surface area contributed by atoms with Crippen molar-refractivity contribution >= 4 is 45.1 Å². The van der Waals surface area contributed by atoms with E-state index in [0.29, 0.717) is 18.7 Å². The summed E-state index contributed by atoms with van der Waals surface area (Å²) in [6.45, 7) is 0.333. The van der Waals surface area contributed by atoms with Crippen LogP contribution in [-0.2, 0) is 19.4 Å². The lowest BCUT2D eigenvalue weighted by Crippen LogP contribution is -2.65. The van der Waals surface area contributed by atoms with Gasteiger partial charge >= 0.3 is 6.03 Å². The van der Waals surface area contributed by atoms with E-state index in [0.717, 1.165) is 11.2 Å². The van der Waals surface area contributed by atoms with Crippen molar-refractivity contribution in [1.82, 2.24) is 15.5 Å². The fourth-order valence-electron chi connectivity index (χ4n) is 3.60. The highest BCUT2D eigenvalue weighted by Crippen LogP contribution is 2.24. The Hall–Kier alpha value is -2.27. The molecular weight excluding hydrogens is 416 g/mol. The Balaban J connectivity index is 1.61. The molecule has 0 saturated carbocycles. The van der Waals surface area contributed by atoms with Crippen molar-refractivity contribution in [2.45, 2.75) is 35.9 Å². The van der Waals surface area contributed by atoms with Crippen molar-refractivity contribution in [2.75, 3.05) is 30.1 Å². The van der Waals surface area contributed by atoms with Crippen molar-refractivity contribution < 1.29 is 22.8 Å². The molecule has 158 valence electrons. The van der Waals surface area contributed by atoms with Crippen LogP contribution in [0.5, 0.6) is 0 Å². The van der Waals surface area contributed by atoms with Crippen LogP contribution in [0.25, 0.3) is 0 Å². The molecular formula is C18H24N4O5S2. The van der Waals surface area contributed by atoms with E-state index >= 15 is 0 Å². The highest BCUT2D eigenvalue weighted by Gasteiger charge is 2.48. The predicted molar refractivity (Wildman–Crippen MR) is 111 cm³/mol. The van der Waals surface area contributed by atoms with E-state index in [4.69, 9.17) is 0 Å². The van der Waals surface area contributed by atoms with Gasteiger partial charge in [-0.1, -0.05) is 6.07 Å². The van der Waals surface area contributed by atoms with Crippen LogP contribution in [0.1, 0.15) is 12.8 Å². The molecule has 2 heterocycles. The molecule has 2 saturated heterocycles. The first kappa shape index (κ1) is 21.4. The van der Waals surface area contributed by atoms with Gasteiger partial charge in [-0.25, -0.2) is 13.2 Å². The number of piperazine rings is 1. The van der Waals surface area contributed by atoms with E-state index in [-0.39, 0.29) is 24.0 Å². The van der Waals surface area contributed by atoms with Crippen molar-refractivity contribution in [1.29, 1.82) is 0 Å². The smallest absolute Gasteiger partial charge is 0.319 e. The summed E-state index contributed by atoms with van der Waals surface area (Å²) in [5.41, 5.74) is 0.634. The first-order valence-electron chi connectivity index (χ1n) is 9.18. The molecule has 0 radical (unpaired) electrons. The molecule has 9 nitrogen and oxygen atoms in total. The van der Waals surface area contributed by atoms with E-state index in [9.17, 15) is 22.8 Å². The predicted octanol–water partition coefficient (Wildman–Crippen LogP) is 0.433. The number of nitrogens with one attached hydrogen (secondary N) is 3. The van der Waals surface area contributed by atoms with Gasteiger partial charge in [-0.2, -0.15) is 0 Å². The fourth-order valence-corrected chi connectivity index (χ4v) is 4.72. The summed E-state index contributed by atoms with van der Waals surface area (Å²) >= 11 is 1.56. The number of rotatable bonds is 6. The quantitative estimate of drug-likeness (QED) is 0.551. The molecule has 2 fully saturated rings. The molecule has 1 aromatic rings. The summed E-state index contributed by atoms with van der Waals surface area (Å²) in [5, 5.41) is 8.13. The van der Waals surface area contributed by atoms with Gasteiger partial charge in [0.1, 0.15) is 21.9 Å². The number of urea groups is 1. The number of carbonyl (C=O) groups excluding carboxylic acids is 3. The highest BCUT2D eigenvalue weighted by molar-refractivity contribution is 7.98. The standard InChI is InChI=1S/C18H24N4O5S2/c1-28-12-5-3-4-11(10-12)19-18(25)21-13-6-8-22-15(13)16(23)20-14(17(22)24)7-9-29(2,26)27/h3-5,10,13-15H,6-9H2,1-2H3,(H,20,23)(H2,19,21,25). The van der Waals surface area contributed by atoms with Gasteiger partial charge in [-0.3, -0.25) is 9.59 Å². The minimum absolute atomic E-state index is 0.0387. The second-order valence-electron chi connectivity index (χ2n) is 7.18. The summed E-state index contributed by atoms with van der Waals surface area (Å²) in [4.78, 5) is 40.0. The number of amides is 4. The van der Waals surface area contributed by atoms with Gasteiger partial charge in [0.05, 0.1) is 11.8 Å². The van der Waals surface area contributed by atoms with Gasteiger partial charge in [-0.05, 0) is 37.3 Å². The second-order valence-corrected chi connectivity index (χ2v) is 10.3. The average molecular weight is 441 g/mol. The Morgan fingerprint density at radius 3 is 2.79 bits per heavy atom. The second kappa shape index (κ2) is 8.62. The molecule has 0 aliphatic carbocycles. The number of fused-ring (bicyclic) bond motifs is 1. The first-order valence-corrected chi connectivity index (χ1v) is 12.5. The summed E-state index contributed by atoms with van der Waals surface area (Å²) in [6, 6.07) is 4.77. The van der Waals surface area contributed by atoms with Crippen molar-refractivity contribution in [3.63, 3.8) is 0 Å². The molecule has 2 aliphatic heterocycles. The number of sulfone groups is 1. The molecule has 1 aromatic carbocycles. The van der Waals surface area contributed by atoms with E-state index in [1.807, 2.05) is 24.5 Å². The molecule has 29 heavy (non-hydrogen) atoms. The number of nitrogens with zero attached hydrogens (tertiary/aromatic N) is 1. The molecule has 11 heteroatoms. The van der Waals surface area contributed by atoms with Crippen LogP contribution in [0.3, 0.4) is 0 Å². The van der Waals surface area contributed by atoms with Crippen LogP contribution in [0.4, 0.5) is 10.5 Å². The SMILES string of the molecule is CSc1cccc(NC(=O)NC2CCN3C(=O)C(CCS(C)(=O)=O)NC(=O)C23)c1. The number of benzene rings is 1. The lowest BCUT2D eigenvalue weighted by molar-refractivity contribution is -0.147. The van der Waals surface area contributed by atoms with Gasteiger partial charge in [-0.15, -0.1) is 11.8 Å². The zero-order chi connectivity index (χ0) is 21.2. The number of thioether (sulfide) groups is 1. The Kier molecular flexibility index (Phi) is 6.37. The van der Waals surface area contributed by atoms with Gasteiger partial charge in [0, 0.05) is 23.4 Å². The summed E-state index contributed by atoms with van der Waals surface area (Å²) in [7, 11) is -3.24. The van der Waals surface area contributed by atoms with Crippen LogP contribution in [0.15, 0.2) is 29.2 Å². The Labute approximate surface area is 173 Å². The minimum atomic E-state index is -3.24. The van der Waals surface area contributed by atoms with Gasteiger partial charge in [0.2, 0.25) is 11.8 Å². The van der Waals surface area contributed by atoms with E-state index in [1.54, 1.807) is 17.8 Å². The Morgan fingerprint density at radius 1 is 1.34 bits per heavy atom. The molecule has 0 bridgehead atoms. The van der Waals surface area contributed by atoms with Gasteiger partial charge in [0.15, 0.2) is 0 Å². The number of anilines is 1. The average Bonchev–Trinajstić information content (AvgIpc) is 3.07. The normalized spacial score (nSPS) is 24.1.